The van der Waals surface area contributed by atoms with Crippen molar-refractivity contribution in [2.45, 2.75) is 26.4 Å². The highest BCUT2D eigenvalue weighted by Crippen LogP contribution is 2.26. The molecule has 0 unspecified atom stereocenters. The number of benzene rings is 2. The lowest BCUT2D eigenvalue weighted by Crippen LogP contribution is -2.35. The second kappa shape index (κ2) is 7.90. The molecule has 26 heavy (non-hydrogen) atoms. The smallest absolute Gasteiger partial charge is 0.282 e. The van der Waals surface area contributed by atoms with E-state index in [1.54, 1.807) is 18.2 Å². The fraction of sp³-hybridized carbons (Fsp3) is 0.200. The van der Waals surface area contributed by atoms with Gasteiger partial charge in [-0.1, -0.05) is 31.2 Å². The van der Waals surface area contributed by atoms with E-state index in [4.69, 9.17) is 4.74 Å². The van der Waals surface area contributed by atoms with Crippen LogP contribution in [0.5, 0.6) is 5.75 Å². The number of rotatable bonds is 5. The van der Waals surface area contributed by atoms with E-state index in [0.29, 0.717) is 5.69 Å². The fourth-order valence-electron chi connectivity index (χ4n) is 2.49. The quantitative estimate of drug-likeness (QED) is 0.416. The van der Waals surface area contributed by atoms with Crippen molar-refractivity contribution in [3.05, 3.63) is 63.2 Å². The summed E-state index contributed by atoms with van der Waals surface area (Å²) in [7, 11) is 0. The third-order valence-electron chi connectivity index (χ3n) is 4.08. The number of anilines is 1. The zero-order chi connectivity index (χ0) is 18.7. The van der Waals surface area contributed by atoms with E-state index in [2.05, 4.69) is 34.9 Å². The highest BCUT2D eigenvalue weighted by molar-refractivity contribution is 14.1. The lowest BCUT2D eigenvalue weighted by atomic mass is 10.1. The summed E-state index contributed by atoms with van der Waals surface area (Å²) in [5, 5.41) is 1.26. The van der Waals surface area contributed by atoms with Gasteiger partial charge in [0.25, 0.3) is 11.8 Å². The van der Waals surface area contributed by atoms with Gasteiger partial charge in [-0.2, -0.15) is 0 Å². The van der Waals surface area contributed by atoms with Gasteiger partial charge >= 0.3 is 0 Å². The zero-order valence-corrected chi connectivity index (χ0v) is 16.7. The van der Waals surface area contributed by atoms with Gasteiger partial charge in [0.2, 0.25) is 0 Å². The summed E-state index contributed by atoms with van der Waals surface area (Å²) < 4.78 is 6.79. The summed E-state index contributed by atoms with van der Waals surface area (Å²) in [5.74, 6) is 0.0279. The molecule has 2 aromatic rings. The molecule has 134 valence electrons. The summed E-state index contributed by atoms with van der Waals surface area (Å²) in [5.41, 5.74) is 4.11. The molecule has 0 spiro atoms. The number of ether oxygens (including phenoxy) is 1. The molecule has 0 aromatic heterocycles. The van der Waals surface area contributed by atoms with Crippen LogP contribution in [-0.2, 0) is 9.59 Å². The van der Waals surface area contributed by atoms with E-state index in [-0.39, 0.29) is 17.6 Å². The lowest BCUT2D eigenvalue weighted by Gasteiger charge is -2.14. The van der Waals surface area contributed by atoms with E-state index >= 15 is 0 Å². The average Bonchev–Trinajstić information content (AvgIpc) is 2.92. The number of para-hydroxylation sites is 1. The highest BCUT2D eigenvalue weighted by atomic mass is 127. The molecule has 6 heteroatoms. The second-order valence-electron chi connectivity index (χ2n) is 6.00. The minimum Gasteiger partial charge on any atom is -0.490 e. The summed E-state index contributed by atoms with van der Waals surface area (Å²) in [6.45, 7) is 4.09. The molecule has 0 saturated carbocycles. The van der Waals surface area contributed by atoms with E-state index in [9.17, 15) is 9.59 Å². The van der Waals surface area contributed by atoms with Crippen molar-refractivity contribution in [3.63, 3.8) is 0 Å². The molecule has 1 fully saturated rings. The Morgan fingerprint density at radius 3 is 2.58 bits per heavy atom. The van der Waals surface area contributed by atoms with Crippen LogP contribution in [0.15, 0.2) is 54.1 Å². The highest BCUT2D eigenvalue weighted by Gasteiger charge is 2.34. The van der Waals surface area contributed by atoms with Crippen molar-refractivity contribution >= 4 is 46.2 Å². The van der Waals surface area contributed by atoms with Crippen LogP contribution in [0.2, 0.25) is 0 Å². The Morgan fingerprint density at radius 2 is 1.92 bits per heavy atom. The number of hydrogen-bond acceptors (Lipinski definition) is 3. The molecule has 1 N–H and O–H groups in total. The Morgan fingerprint density at radius 1 is 1.19 bits per heavy atom. The van der Waals surface area contributed by atoms with Gasteiger partial charge in [-0.25, -0.2) is 5.01 Å². The predicted octanol–water partition coefficient (Wildman–Crippen LogP) is 3.93. The van der Waals surface area contributed by atoms with Gasteiger partial charge in [0.1, 0.15) is 11.3 Å². The molecular weight excluding hydrogens is 443 g/mol. The molecule has 1 atom stereocenters. The van der Waals surface area contributed by atoms with Crippen LogP contribution in [-0.4, -0.2) is 17.9 Å². The number of halogens is 1. The topological polar surface area (TPSA) is 58.6 Å². The molecule has 2 amide bonds. The largest absolute Gasteiger partial charge is 0.490 e. The van der Waals surface area contributed by atoms with Crippen molar-refractivity contribution in [2.24, 2.45) is 0 Å². The van der Waals surface area contributed by atoms with E-state index in [1.165, 1.54) is 5.01 Å². The monoisotopic (exact) mass is 462 g/mol. The molecule has 1 aliphatic rings. The van der Waals surface area contributed by atoms with Crippen LogP contribution < -0.4 is 15.2 Å². The van der Waals surface area contributed by atoms with Crippen LogP contribution in [0, 0.1) is 3.57 Å². The molecule has 3 rings (SSSR count). The van der Waals surface area contributed by atoms with Crippen molar-refractivity contribution in [1.29, 1.82) is 0 Å². The minimum atomic E-state index is -0.409. The summed E-state index contributed by atoms with van der Waals surface area (Å²) in [4.78, 5) is 24.8. The van der Waals surface area contributed by atoms with Crippen molar-refractivity contribution in [3.8, 4) is 5.75 Å². The van der Waals surface area contributed by atoms with Gasteiger partial charge in [-0.15, -0.1) is 0 Å². The second-order valence-corrected chi connectivity index (χ2v) is 7.16. The van der Waals surface area contributed by atoms with E-state index < -0.39 is 5.91 Å². The first-order valence-electron chi connectivity index (χ1n) is 8.38. The Kier molecular flexibility index (Phi) is 5.61. The summed E-state index contributed by atoms with van der Waals surface area (Å²) >= 11 is 2.20. The standard InChI is InChI=1S/C20H19IN2O3/c1-3-13(2)26-18-10-9-14(12-17(18)21)11-16-19(24)22-23(20(16)25)15-7-5-4-6-8-15/h4-13H,3H2,1-2H3,(H,22,24)/b16-11-/t13-/m0/s1. The van der Waals surface area contributed by atoms with Gasteiger partial charge in [-0.3, -0.25) is 15.0 Å². The maximum Gasteiger partial charge on any atom is 0.282 e. The van der Waals surface area contributed by atoms with Crippen LogP contribution in [0.1, 0.15) is 25.8 Å². The molecule has 0 radical (unpaired) electrons. The third-order valence-corrected chi connectivity index (χ3v) is 4.92. The number of nitrogens with zero attached hydrogens (tertiary/aromatic N) is 1. The zero-order valence-electron chi connectivity index (χ0n) is 14.5. The lowest BCUT2D eigenvalue weighted by molar-refractivity contribution is -0.117. The number of hydrogen-bond donors (Lipinski definition) is 1. The minimum absolute atomic E-state index is 0.111. The number of hydrazine groups is 1. The molecule has 1 aliphatic heterocycles. The Bertz CT molecular complexity index is 865. The number of nitrogens with one attached hydrogen (secondary N) is 1. The molecular formula is C20H19IN2O3. The van der Waals surface area contributed by atoms with Gasteiger partial charge in [0, 0.05) is 0 Å². The molecule has 1 heterocycles. The van der Waals surface area contributed by atoms with Crippen LogP contribution in [0.4, 0.5) is 5.69 Å². The SMILES string of the molecule is CC[C@H](C)Oc1ccc(/C=C2/C(=O)NN(c3ccccc3)C2=O)cc1I. The number of carbonyl (C=O) groups is 2. The van der Waals surface area contributed by atoms with Crippen molar-refractivity contribution in [2.75, 3.05) is 5.01 Å². The number of amides is 2. The van der Waals surface area contributed by atoms with Gasteiger partial charge < -0.3 is 4.74 Å². The van der Waals surface area contributed by atoms with Crippen LogP contribution >= 0.6 is 22.6 Å². The number of carbonyl (C=O) groups excluding carboxylic acids is 2. The molecule has 2 aromatic carbocycles. The third kappa shape index (κ3) is 3.90. The Labute approximate surface area is 166 Å². The van der Waals surface area contributed by atoms with Gasteiger partial charge in [-0.05, 0) is 71.8 Å². The van der Waals surface area contributed by atoms with Crippen molar-refractivity contribution < 1.29 is 14.3 Å². The molecule has 0 aliphatic carbocycles. The fourth-order valence-corrected chi connectivity index (χ4v) is 3.15. The normalized spacial score (nSPS) is 16.7. The van der Waals surface area contributed by atoms with Gasteiger partial charge in [0.15, 0.2) is 0 Å². The van der Waals surface area contributed by atoms with E-state index in [0.717, 1.165) is 21.3 Å². The van der Waals surface area contributed by atoms with E-state index in [1.807, 2.05) is 43.3 Å². The molecule has 0 bridgehead atoms. The maximum atomic E-state index is 12.6. The van der Waals surface area contributed by atoms with Gasteiger partial charge in [0.05, 0.1) is 15.4 Å². The van der Waals surface area contributed by atoms with Crippen molar-refractivity contribution in [1.82, 2.24) is 5.43 Å². The predicted molar refractivity (Wildman–Crippen MR) is 110 cm³/mol. The molecule has 5 nitrogen and oxygen atoms in total. The van der Waals surface area contributed by atoms with Crippen LogP contribution in [0.3, 0.4) is 0 Å². The summed E-state index contributed by atoms with van der Waals surface area (Å²) in [6.07, 6.45) is 2.66. The first kappa shape index (κ1) is 18.4. The maximum absolute atomic E-state index is 12.6. The summed E-state index contributed by atoms with van der Waals surface area (Å²) in [6, 6.07) is 14.6. The first-order valence-corrected chi connectivity index (χ1v) is 9.46. The van der Waals surface area contributed by atoms with Crippen LogP contribution in [0.25, 0.3) is 6.08 Å². The Balaban J connectivity index is 1.84. The Hall–Kier alpha value is -2.35. The average molecular weight is 462 g/mol. The first-order chi connectivity index (χ1) is 12.5. The molecule has 1 saturated heterocycles.